The molecule has 0 radical (unpaired) electrons. The summed E-state index contributed by atoms with van der Waals surface area (Å²) in [5.74, 6) is 0.140. The number of nitrogens with one attached hydrogen (secondary N) is 2. The van der Waals surface area contributed by atoms with Crippen molar-refractivity contribution in [2.45, 2.75) is 37.0 Å². The third-order valence-electron chi connectivity index (χ3n) is 5.02. The van der Waals surface area contributed by atoms with Crippen molar-refractivity contribution in [1.29, 1.82) is 5.26 Å². The predicted octanol–water partition coefficient (Wildman–Crippen LogP) is 1.99. The second-order valence-corrected chi connectivity index (χ2v) is 8.94. The number of nitriles is 1. The van der Waals surface area contributed by atoms with Gasteiger partial charge in [-0.3, -0.25) is 15.2 Å². The van der Waals surface area contributed by atoms with E-state index < -0.39 is 14.9 Å². The lowest BCUT2D eigenvalue weighted by Gasteiger charge is -2.25. The normalized spacial score (nSPS) is 14.9. The van der Waals surface area contributed by atoms with Gasteiger partial charge in [0.1, 0.15) is 17.3 Å². The van der Waals surface area contributed by atoms with E-state index in [1.165, 1.54) is 16.4 Å². The Bertz CT molecular complexity index is 1070. The zero-order valence-electron chi connectivity index (χ0n) is 16.3. The number of aromatic nitrogens is 2. The van der Waals surface area contributed by atoms with E-state index in [4.69, 9.17) is 11.0 Å². The van der Waals surface area contributed by atoms with Crippen LogP contribution in [0.4, 0.5) is 17.2 Å². The number of rotatable bonds is 8. The van der Waals surface area contributed by atoms with Gasteiger partial charge in [0.2, 0.25) is 10.0 Å². The summed E-state index contributed by atoms with van der Waals surface area (Å²) in [5.41, 5.74) is 6.44. The van der Waals surface area contributed by atoms with Gasteiger partial charge in [-0.1, -0.05) is 6.42 Å². The fourth-order valence-corrected chi connectivity index (χ4v) is 4.95. The second kappa shape index (κ2) is 9.10. The summed E-state index contributed by atoms with van der Waals surface area (Å²) in [6.45, 7) is 1.24. The van der Waals surface area contributed by atoms with Crippen LogP contribution in [0.15, 0.2) is 23.1 Å². The highest BCUT2D eigenvalue weighted by molar-refractivity contribution is 7.89. The highest BCUT2D eigenvalue weighted by Crippen LogP contribution is 2.30. The molecule has 0 amide bonds. The molecule has 2 heterocycles. The molecule has 160 valence electrons. The number of hydrogen-bond acceptors (Lipinski definition) is 8. The van der Waals surface area contributed by atoms with E-state index in [9.17, 15) is 18.5 Å². The standard InChI is InChI=1S/C18H23N7O4S/c19-12-14-15(22-23-18(14)20)5-4-8-21-16-7-6-13(11-17(16)25(26)27)30(28,29)24-9-2-1-3-10-24/h6-7,11,21H,1-5,8-10H2,(H3,20,22,23). The lowest BCUT2D eigenvalue weighted by atomic mass is 10.1. The SMILES string of the molecule is N#Cc1c(N)n[nH]c1CCCNc1ccc(S(=O)(=O)N2CCCCC2)cc1[N+](=O)[O-]. The number of hydrogen-bond donors (Lipinski definition) is 3. The number of aromatic amines is 1. The second-order valence-electron chi connectivity index (χ2n) is 7.01. The Kier molecular flexibility index (Phi) is 6.53. The lowest BCUT2D eigenvalue weighted by Crippen LogP contribution is -2.35. The first-order chi connectivity index (χ1) is 14.3. The van der Waals surface area contributed by atoms with Gasteiger partial charge in [-0.05, 0) is 37.8 Å². The number of benzene rings is 1. The highest BCUT2D eigenvalue weighted by Gasteiger charge is 2.28. The Hall–Kier alpha value is -3.17. The summed E-state index contributed by atoms with van der Waals surface area (Å²) >= 11 is 0. The van der Waals surface area contributed by atoms with Crippen molar-refractivity contribution in [3.63, 3.8) is 0 Å². The predicted molar refractivity (Wildman–Crippen MR) is 110 cm³/mol. The first-order valence-electron chi connectivity index (χ1n) is 9.60. The van der Waals surface area contributed by atoms with Crippen LogP contribution in [0.2, 0.25) is 0 Å². The first kappa shape index (κ1) is 21.5. The summed E-state index contributed by atoms with van der Waals surface area (Å²) in [7, 11) is -3.75. The number of nitrogens with zero attached hydrogens (tertiary/aromatic N) is 4. The van der Waals surface area contributed by atoms with Crippen molar-refractivity contribution in [2.24, 2.45) is 0 Å². The molecule has 4 N–H and O–H groups in total. The Morgan fingerprint density at radius 2 is 2.07 bits per heavy atom. The molecule has 0 bridgehead atoms. The fourth-order valence-electron chi connectivity index (χ4n) is 3.41. The van der Waals surface area contributed by atoms with Gasteiger partial charge in [0.15, 0.2) is 5.82 Å². The van der Waals surface area contributed by atoms with Crippen molar-refractivity contribution in [3.05, 3.63) is 39.6 Å². The molecule has 2 aromatic rings. The number of nitro groups is 1. The van der Waals surface area contributed by atoms with Crippen LogP contribution >= 0.6 is 0 Å². The summed E-state index contributed by atoms with van der Waals surface area (Å²) in [6.07, 6.45) is 3.60. The maximum atomic E-state index is 12.8. The number of nitrogen functional groups attached to an aromatic ring is 1. The van der Waals surface area contributed by atoms with Crippen LogP contribution in [0.3, 0.4) is 0 Å². The molecule has 0 aliphatic carbocycles. The van der Waals surface area contributed by atoms with Crippen LogP contribution in [0.1, 0.15) is 36.9 Å². The largest absolute Gasteiger partial charge is 0.381 e. The van der Waals surface area contributed by atoms with Crippen LogP contribution < -0.4 is 11.1 Å². The van der Waals surface area contributed by atoms with E-state index in [-0.39, 0.29) is 22.1 Å². The van der Waals surface area contributed by atoms with Crippen molar-refractivity contribution < 1.29 is 13.3 Å². The number of nitro benzene ring substituents is 1. The maximum absolute atomic E-state index is 12.8. The average molecular weight is 433 g/mol. The van der Waals surface area contributed by atoms with Gasteiger partial charge in [0.25, 0.3) is 5.69 Å². The minimum atomic E-state index is -3.75. The fraction of sp³-hybridized carbons (Fsp3) is 0.444. The van der Waals surface area contributed by atoms with Crippen molar-refractivity contribution in [3.8, 4) is 6.07 Å². The van der Waals surface area contributed by atoms with Gasteiger partial charge in [-0.15, -0.1) is 0 Å². The Balaban J connectivity index is 1.69. The van der Waals surface area contributed by atoms with E-state index in [0.29, 0.717) is 43.7 Å². The molecule has 30 heavy (non-hydrogen) atoms. The maximum Gasteiger partial charge on any atom is 0.293 e. The molecule has 12 heteroatoms. The minimum absolute atomic E-state index is 0.0757. The first-order valence-corrected chi connectivity index (χ1v) is 11.0. The molecule has 1 aromatic carbocycles. The zero-order valence-corrected chi connectivity index (χ0v) is 17.1. The van der Waals surface area contributed by atoms with Crippen molar-refractivity contribution in [2.75, 3.05) is 30.7 Å². The lowest BCUT2D eigenvalue weighted by molar-refractivity contribution is -0.384. The van der Waals surface area contributed by atoms with Crippen LogP contribution in [-0.2, 0) is 16.4 Å². The Morgan fingerprint density at radius 3 is 2.73 bits per heavy atom. The van der Waals surface area contributed by atoms with Gasteiger partial charge in [0.05, 0.1) is 15.5 Å². The van der Waals surface area contributed by atoms with E-state index in [2.05, 4.69) is 15.5 Å². The number of H-pyrrole nitrogens is 1. The van der Waals surface area contributed by atoms with E-state index in [0.717, 1.165) is 25.3 Å². The van der Waals surface area contributed by atoms with E-state index in [1.807, 2.05) is 6.07 Å². The van der Waals surface area contributed by atoms with Crippen molar-refractivity contribution >= 4 is 27.2 Å². The quantitative estimate of drug-likeness (QED) is 0.322. The average Bonchev–Trinajstić information content (AvgIpc) is 3.11. The van der Waals surface area contributed by atoms with Crippen molar-refractivity contribution in [1.82, 2.24) is 14.5 Å². The molecule has 1 aliphatic rings. The molecule has 1 fully saturated rings. The molecule has 1 aliphatic heterocycles. The third-order valence-corrected chi connectivity index (χ3v) is 6.91. The molecule has 3 rings (SSSR count). The number of piperidine rings is 1. The summed E-state index contributed by atoms with van der Waals surface area (Å²) in [6, 6.07) is 5.90. The third kappa shape index (κ3) is 4.52. The summed E-state index contributed by atoms with van der Waals surface area (Å²) < 4.78 is 27.0. The molecule has 11 nitrogen and oxygen atoms in total. The Morgan fingerprint density at radius 1 is 1.33 bits per heavy atom. The van der Waals surface area contributed by atoms with Gasteiger partial charge >= 0.3 is 0 Å². The molecule has 1 aromatic heterocycles. The molecule has 0 saturated carbocycles. The number of aryl methyl sites for hydroxylation is 1. The molecule has 0 atom stereocenters. The molecule has 0 unspecified atom stereocenters. The topological polar surface area (TPSA) is 171 Å². The van der Waals surface area contributed by atoms with Gasteiger partial charge < -0.3 is 11.1 Å². The number of anilines is 2. The zero-order chi connectivity index (χ0) is 21.7. The molecule has 0 spiro atoms. The summed E-state index contributed by atoms with van der Waals surface area (Å²) in [5, 5.41) is 30.0. The van der Waals surface area contributed by atoms with Crippen LogP contribution in [0.5, 0.6) is 0 Å². The van der Waals surface area contributed by atoms with Gasteiger partial charge in [-0.2, -0.15) is 14.7 Å². The van der Waals surface area contributed by atoms with Crippen LogP contribution in [0.25, 0.3) is 0 Å². The molecular weight excluding hydrogens is 410 g/mol. The number of nitrogens with two attached hydrogens (primary N) is 1. The van der Waals surface area contributed by atoms with E-state index >= 15 is 0 Å². The van der Waals surface area contributed by atoms with Crippen LogP contribution in [-0.4, -0.2) is 47.5 Å². The van der Waals surface area contributed by atoms with Crippen LogP contribution in [0, 0.1) is 21.4 Å². The van der Waals surface area contributed by atoms with E-state index in [1.54, 1.807) is 0 Å². The van der Waals surface area contributed by atoms with Gasteiger partial charge in [-0.25, -0.2) is 8.42 Å². The highest BCUT2D eigenvalue weighted by atomic mass is 32.2. The molecular formula is C18H23N7O4S. The smallest absolute Gasteiger partial charge is 0.293 e. The monoisotopic (exact) mass is 433 g/mol. The Labute approximate surface area is 174 Å². The summed E-state index contributed by atoms with van der Waals surface area (Å²) in [4.78, 5) is 10.8. The minimum Gasteiger partial charge on any atom is -0.381 e. The number of sulfonamides is 1. The molecule has 1 saturated heterocycles. The van der Waals surface area contributed by atoms with Gasteiger partial charge in [0, 0.05) is 25.7 Å².